The molecule has 25 heavy (non-hydrogen) atoms. The lowest BCUT2D eigenvalue weighted by Gasteiger charge is -2.09. The molecule has 0 fully saturated rings. The molecule has 1 N–H and O–H groups in total. The predicted octanol–water partition coefficient (Wildman–Crippen LogP) is 4.16. The molecule has 0 aromatic heterocycles. The molecule has 7 heteroatoms. The largest absolute Gasteiger partial charge is 0.493 e. The molecule has 0 aliphatic rings. The highest BCUT2D eigenvalue weighted by Crippen LogP contribution is 2.28. The van der Waals surface area contributed by atoms with Crippen LogP contribution in [0.1, 0.15) is 12.5 Å². The molecule has 2 aromatic rings. The second kappa shape index (κ2) is 8.23. The standard InChI is InChI=1S/C18H16F3NO3/c1-3-25-17-8-11(4-6-16(17)24-2)5-7-18(23)22-15-10-13(20)12(19)9-14(15)21/h4-10H,3H2,1-2H3,(H,22,23). The SMILES string of the molecule is CCOc1cc(C=CC(=O)Nc2cc(F)c(F)cc2F)ccc1OC. The lowest BCUT2D eigenvalue weighted by molar-refractivity contribution is -0.111. The van der Waals surface area contributed by atoms with Gasteiger partial charge in [0.15, 0.2) is 23.1 Å². The Kier molecular flexibility index (Phi) is 6.05. The maximum atomic E-state index is 13.5. The number of benzene rings is 2. The highest BCUT2D eigenvalue weighted by molar-refractivity contribution is 6.02. The van der Waals surface area contributed by atoms with Crippen LogP contribution in [0.25, 0.3) is 6.08 Å². The zero-order valence-corrected chi connectivity index (χ0v) is 13.6. The molecule has 0 saturated carbocycles. The van der Waals surface area contributed by atoms with Crippen molar-refractivity contribution in [2.75, 3.05) is 19.0 Å². The Balaban J connectivity index is 2.12. The monoisotopic (exact) mass is 351 g/mol. The fourth-order valence-electron chi connectivity index (χ4n) is 2.03. The highest BCUT2D eigenvalue weighted by atomic mass is 19.2. The van der Waals surface area contributed by atoms with E-state index in [4.69, 9.17) is 9.47 Å². The number of hydrogen-bond acceptors (Lipinski definition) is 3. The van der Waals surface area contributed by atoms with Gasteiger partial charge in [0.05, 0.1) is 19.4 Å². The van der Waals surface area contributed by atoms with E-state index in [1.54, 1.807) is 18.2 Å². The van der Waals surface area contributed by atoms with Crippen LogP contribution in [0.5, 0.6) is 11.5 Å². The molecule has 0 aliphatic heterocycles. The van der Waals surface area contributed by atoms with Gasteiger partial charge in [-0.25, -0.2) is 13.2 Å². The molecule has 1 amide bonds. The van der Waals surface area contributed by atoms with Gasteiger partial charge >= 0.3 is 0 Å². The van der Waals surface area contributed by atoms with Gasteiger partial charge in [-0.1, -0.05) is 6.07 Å². The average molecular weight is 351 g/mol. The number of ether oxygens (including phenoxy) is 2. The van der Waals surface area contributed by atoms with Crippen LogP contribution in [-0.4, -0.2) is 19.6 Å². The van der Waals surface area contributed by atoms with Gasteiger partial charge in [0.2, 0.25) is 5.91 Å². The van der Waals surface area contributed by atoms with E-state index in [1.807, 2.05) is 6.92 Å². The van der Waals surface area contributed by atoms with Crippen molar-refractivity contribution in [1.82, 2.24) is 0 Å². The van der Waals surface area contributed by atoms with E-state index < -0.39 is 29.0 Å². The number of methoxy groups -OCH3 is 1. The van der Waals surface area contributed by atoms with Gasteiger partial charge in [-0.3, -0.25) is 4.79 Å². The molecule has 0 saturated heterocycles. The van der Waals surface area contributed by atoms with Crippen molar-refractivity contribution in [1.29, 1.82) is 0 Å². The van der Waals surface area contributed by atoms with Gasteiger partial charge in [-0.05, 0) is 30.7 Å². The number of carbonyl (C=O) groups is 1. The third kappa shape index (κ3) is 4.76. The van der Waals surface area contributed by atoms with Crippen LogP contribution in [0.2, 0.25) is 0 Å². The first-order chi connectivity index (χ1) is 11.9. The molecule has 0 atom stereocenters. The average Bonchev–Trinajstić information content (AvgIpc) is 2.58. The van der Waals surface area contributed by atoms with Gasteiger partial charge in [0.1, 0.15) is 5.82 Å². The first-order valence-electron chi connectivity index (χ1n) is 7.39. The number of carbonyl (C=O) groups excluding carboxylic acids is 1. The van der Waals surface area contributed by atoms with Crippen LogP contribution in [0.15, 0.2) is 36.4 Å². The van der Waals surface area contributed by atoms with E-state index in [9.17, 15) is 18.0 Å². The summed E-state index contributed by atoms with van der Waals surface area (Å²) >= 11 is 0. The Morgan fingerprint density at radius 1 is 1.08 bits per heavy atom. The zero-order valence-electron chi connectivity index (χ0n) is 13.6. The first-order valence-corrected chi connectivity index (χ1v) is 7.39. The Bertz CT molecular complexity index is 806. The summed E-state index contributed by atoms with van der Waals surface area (Å²) in [6, 6.07) is 5.99. The molecule has 2 rings (SSSR count). The van der Waals surface area contributed by atoms with E-state index in [0.29, 0.717) is 35.8 Å². The van der Waals surface area contributed by atoms with Crippen LogP contribution in [0.3, 0.4) is 0 Å². The van der Waals surface area contributed by atoms with E-state index in [2.05, 4.69) is 5.32 Å². The molecule has 0 radical (unpaired) electrons. The summed E-state index contributed by atoms with van der Waals surface area (Å²) in [4.78, 5) is 11.8. The summed E-state index contributed by atoms with van der Waals surface area (Å²) in [5, 5.41) is 2.15. The summed E-state index contributed by atoms with van der Waals surface area (Å²) in [5.74, 6) is -3.28. The van der Waals surface area contributed by atoms with Crippen molar-refractivity contribution in [3.63, 3.8) is 0 Å². The number of rotatable bonds is 6. The fraction of sp³-hybridized carbons (Fsp3) is 0.167. The highest BCUT2D eigenvalue weighted by Gasteiger charge is 2.11. The fourth-order valence-corrected chi connectivity index (χ4v) is 2.03. The van der Waals surface area contributed by atoms with Gasteiger partial charge in [0.25, 0.3) is 0 Å². The molecule has 4 nitrogen and oxygen atoms in total. The number of halogens is 3. The lowest BCUT2D eigenvalue weighted by atomic mass is 10.2. The molecule has 0 aliphatic carbocycles. The van der Waals surface area contributed by atoms with Crippen molar-refractivity contribution in [2.24, 2.45) is 0 Å². The van der Waals surface area contributed by atoms with Crippen molar-refractivity contribution in [2.45, 2.75) is 6.92 Å². The Morgan fingerprint density at radius 2 is 1.80 bits per heavy atom. The topological polar surface area (TPSA) is 47.6 Å². The minimum absolute atomic E-state index is 0.368. The Labute approximate surface area is 142 Å². The normalized spacial score (nSPS) is 10.8. The maximum absolute atomic E-state index is 13.5. The summed E-state index contributed by atoms with van der Waals surface area (Å²) < 4.78 is 50.1. The van der Waals surface area contributed by atoms with Gasteiger partial charge in [-0.15, -0.1) is 0 Å². The lowest BCUT2D eigenvalue weighted by Crippen LogP contribution is -2.10. The minimum Gasteiger partial charge on any atom is -0.493 e. The summed E-state index contributed by atoms with van der Waals surface area (Å²) in [7, 11) is 1.51. The van der Waals surface area contributed by atoms with Gasteiger partial charge < -0.3 is 14.8 Å². The van der Waals surface area contributed by atoms with Crippen molar-refractivity contribution in [3.8, 4) is 11.5 Å². The third-order valence-electron chi connectivity index (χ3n) is 3.18. The quantitative estimate of drug-likeness (QED) is 0.628. The van der Waals surface area contributed by atoms with Gasteiger partial charge in [0, 0.05) is 18.2 Å². The van der Waals surface area contributed by atoms with Crippen LogP contribution in [0.4, 0.5) is 18.9 Å². The van der Waals surface area contributed by atoms with Crippen LogP contribution in [0, 0.1) is 17.5 Å². The molecule has 0 unspecified atom stereocenters. The summed E-state index contributed by atoms with van der Waals surface area (Å²) in [6.45, 7) is 2.27. The zero-order chi connectivity index (χ0) is 18.4. The Morgan fingerprint density at radius 3 is 2.48 bits per heavy atom. The number of amides is 1. The molecule has 2 aromatic carbocycles. The van der Waals surface area contributed by atoms with E-state index in [-0.39, 0.29) is 0 Å². The first kappa shape index (κ1) is 18.4. The van der Waals surface area contributed by atoms with E-state index in [0.717, 1.165) is 6.08 Å². The van der Waals surface area contributed by atoms with Crippen LogP contribution >= 0.6 is 0 Å². The molecule has 0 heterocycles. The second-order valence-electron chi connectivity index (χ2n) is 4.91. The number of nitrogens with one attached hydrogen (secondary N) is 1. The predicted molar refractivity (Wildman–Crippen MR) is 88.1 cm³/mol. The second-order valence-corrected chi connectivity index (χ2v) is 4.91. The van der Waals surface area contributed by atoms with Gasteiger partial charge in [-0.2, -0.15) is 0 Å². The molecule has 0 spiro atoms. The number of hydrogen-bond donors (Lipinski definition) is 1. The minimum atomic E-state index is -1.33. The maximum Gasteiger partial charge on any atom is 0.248 e. The third-order valence-corrected chi connectivity index (χ3v) is 3.18. The molecular formula is C18H16F3NO3. The van der Waals surface area contributed by atoms with Crippen molar-refractivity contribution >= 4 is 17.7 Å². The summed E-state index contributed by atoms with van der Waals surface area (Å²) in [6.07, 6.45) is 2.60. The molecular weight excluding hydrogens is 335 g/mol. The van der Waals surface area contributed by atoms with E-state index in [1.165, 1.54) is 13.2 Å². The molecule has 0 bridgehead atoms. The summed E-state index contributed by atoms with van der Waals surface area (Å²) in [5.41, 5.74) is 0.198. The smallest absolute Gasteiger partial charge is 0.248 e. The van der Waals surface area contributed by atoms with Crippen LogP contribution < -0.4 is 14.8 Å². The van der Waals surface area contributed by atoms with Crippen molar-refractivity contribution in [3.05, 3.63) is 59.4 Å². The Hall–Kier alpha value is -2.96. The van der Waals surface area contributed by atoms with E-state index >= 15 is 0 Å². The van der Waals surface area contributed by atoms with Crippen LogP contribution in [-0.2, 0) is 4.79 Å². The molecule has 132 valence electrons. The van der Waals surface area contributed by atoms with Crippen molar-refractivity contribution < 1.29 is 27.4 Å². The number of anilines is 1.